The van der Waals surface area contributed by atoms with Crippen molar-refractivity contribution >= 4 is 19.8 Å². The van der Waals surface area contributed by atoms with Gasteiger partial charge in [-0.3, -0.25) is 18.6 Å². The van der Waals surface area contributed by atoms with E-state index >= 15 is 0 Å². The van der Waals surface area contributed by atoms with Crippen LogP contribution in [0, 0.1) is 0 Å². The number of phosphoric acid groups is 1. The minimum atomic E-state index is -4.39. The minimum absolute atomic E-state index is 0.0505. The second-order valence-corrected chi connectivity index (χ2v) is 22.3. The van der Waals surface area contributed by atoms with E-state index < -0.39 is 32.5 Å². The van der Waals surface area contributed by atoms with E-state index in [2.05, 4.69) is 98.9 Å². The fourth-order valence-electron chi connectivity index (χ4n) is 8.87. The van der Waals surface area contributed by atoms with Crippen LogP contribution in [-0.4, -0.2) is 49.3 Å². The molecule has 0 heterocycles. The molecule has 2 unspecified atom stereocenters. The summed E-state index contributed by atoms with van der Waals surface area (Å²) in [6, 6.07) is 0. The zero-order valence-electron chi connectivity index (χ0n) is 49.2. The minimum Gasteiger partial charge on any atom is -0.462 e. The van der Waals surface area contributed by atoms with Gasteiger partial charge in [0.2, 0.25) is 0 Å². The van der Waals surface area contributed by atoms with Gasteiger partial charge in [0.05, 0.1) is 13.2 Å². The molecular formula is C66H118NO8P. The molecule has 0 aromatic carbocycles. The van der Waals surface area contributed by atoms with Crippen molar-refractivity contribution in [2.45, 2.75) is 296 Å². The van der Waals surface area contributed by atoms with Gasteiger partial charge in [-0.05, 0) is 89.9 Å². The smallest absolute Gasteiger partial charge is 0.462 e. The molecule has 0 aliphatic heterocycles. The van der Waals surface area contributed by atoms with Crippen LogP contribution >= 0.6 is 7.82 Å². The molecule has 9 nitrogen and oxygen atoms in total. The Kier molecular flexibility index (Phi) is 59.1. The number of hydrogen-bond acceptors (Lipinski definition) is 8. The molecule has 10 heteroatoms. The van der Waals surface area contributed by atoms with Crippen molar-refractivity contribution in [2.24, 2.45) is 5.73 Å². The number of esters is 2. The molecule has 0 rings (SSSR count). The first-order chi connectivity index (χ1) is 37.3. The molecule has 0 saturated heterocycles. The third kappa shape index (κ3) is 60.4. The molecule has 0 spiro atoms. The van der Waals surface area contributed by atoms with Crippen molar-refractivity contribution in [3.63, 3.8) is 0 Å². The Balaban J connectivity index is 3.81. The van der Waals surface area contributed by atoms with Crippen molar-refractivity contribution in [2.75, 3.05) is 26.4 Å². The van der Waals surface area contributed by atoms with E-state index in [1.165, 1.54) is 161 Å². The molecule has 0 aromatic heterocycles. The number of nitrogens with two attached hydrogens (primary N) is 1. The van der Waals surface area contributed by atoms with E-state index in [0.29, 0.717) is 12.8 Å². The van der Waals surface area contributed by atoms with Gasteiger partial charge < -0.3 is 20.1 Å². The van der Waals surface area contributed by atoms with E-state index in [1.54, 1.807) is 0 Å². The lowest BCUT2D eigenvalue weighted by molar-refractivity contribution is -0.161. The van der Waals surface area contributed by atoms with Gasteiger partial charge in [-0.15, -0.1) is 0 Å². The molecule has 3 N–H and O–H groups in total. The van der Waals surface area contributed by atoms with Gasteiger partial charge in [0.1, 0.15) is 6.61 Å². The van der Waals surface area contributed by atoms with Crippen LogP contribution in [0.2, 0.25) is 0 Å². The van der Waals surface area contributed by atoms with Crippen molar-refractivity contribution in [3.8, 4) is 0 Å². The number of unbranched alkanes of at least 4 members (excludes halogenated alkanes) is 32. The van der Waals surface area contributed by atoms with Crippen molar-refractivity contribution in [3.05, 3.63) is 85.1 Å². The molecule has 440 valence electrons. The van der Waals surface area contributed by atoms with Crippen LogP contribution in [0.1, 0.15) is 290 Å². The summed E-state index contributed by atoms with van der Waals surface area (Å²) in [6.07, 6.45) is 81.0. The van der Waals surface area contributed by atoms with Crippen LogP contribution in [0.25, 0.3) is 0 Å². The molecule has 0 radical (unpaired) electrons. The van der Waals surface area contributed by atoms with Crippen LogP contribution in [0.3, 0.4) is 0 Å². The highest BCUT2D eigenvalue weighted by Gasteiger charge is 2.26. The summed E-state index contributed by atoms with van der Waals surface area (Å²) in [4.78, 5) is 35.2. The third-order valence-corrected chi connectivity index (χ3v) is 14.5. The fourth-order valence-corrected chi connectivity index (χ4v) is 9.64. The van der Waals surface area contributed by atoms with Gasteiger partial charge >= 0.3 is 19.8 Å². The molecular weight excluding hydrogens is 966 g/mol. The van der Waals surface area contributed by atoms with Crippen molar-refractivity contribution in [1.82, 2.24) is 0 Å². The molecule has 76 heavy (non-hydrogen) atoms. The summed E-state index contributed by atoms with van der Waals surface area (Å²) < 4.78 is 33.0. The van der Waals surface area contributed by atoms with Crippen molar-refractivity contribution < 1.29 is 37.6 Å². The zero-order valence-corrected chi connectivity index (χ0v) is 50.1. The lowest BCUT2D eigenvalue weighted by Crippen LogP contribution is -2.29. The quantitative estimate of drug-likeness (QED) is 0.0264. The Hall–Kier alpha value is -2.81. The van der Waals surface area contributed by atoms with Gasteiger partial charge in [-0.2, -0.15) is 0 Å². The number of ether oxygens (including phenoxy) is 2. The van der Waals surface area contributed by atoms with Gasteiger partial charge in [0.15, 0.2) is 6.10 Å². The topological polar surface area (TPSA) is 134 Å². The van der Waals surface area contributed by atoms with Crippen LogP contribution in [0.5, 0.6) is 0 Å². The van der Waals surface area contributed by atoms with Gasteiger partial charge in [-0.1, -0.05) is 272 Å². The van der Waals surface area contributed by atoms with Crippen LogP contribution in [0.15, 0.2) is 85.1 Å². The maximum absolute atomic E-state index is 12.7. The van der Waals surface area contributed by atoms with E-state index in [0.717, 1.165) is 89.9 Å². The fraction of sp³-hybridized carbons (Fsp3) is 0.758. The summed E-state index contributed by atoms with van der Waals surface area (Å²) in [6.45, 7) is 3.62. The number of phosphoric ester groups is 1. The van der Waals surface area contributed by atoms with Crippen LogP contribution < -0.4 is 5.73 Å². The normalized spacial score (nSPS) is 13.6. The van der Waals surface area contributed by atoms with E-state index in [-0.39, 0.29) is 32.6 Å². The molecule has 0 amide bonds. The number of carbonyl (C=O) groups is 2. The van der Waals surface area contributed by atoms with E-state index in [1.807, 2.05) is 0 Å². The number of carbonyl (C=O) groups excluding carboxylic acids is 2. The summed E-state index contributed by atoms with van der Waals surface area (Å²) in [5.74, 6) is -0.835. The Morgan fingerprint density at radius 2 is 0.724 bits per heavy atom. The standard InChI is InChI=1S/C66H118NO8P/c1-3-5-7-9-11-13-15-17-19-21-22-23-24-25-26-27-28-29-30-31-32-33-34-35-36-37-38-39-40-41-42-43-45-47-49-51-53-55-57-59-66(69)75-64(63-74-76(70,71)73-61-60-67)62-72-65(68)58-56-54-52-50-48-46-44-20-18-16-14-12-10-8-6-4-2/h5,7,11,13-14,16-17,19-20,22-23,25-26,44,64H,3-4,6,8-10,12,15,18,21,24,27-43,45-63,67H2,1-2H3,(H,70,71)/b7-5-,13-11-,16-14-,19-17-,23-22-,26-25-,44-20-. The predicted octanol–water partition coefficient (Wildman–Crippen LogP) is 20.2. The molecule has 0 aromatic rings. The summed E-state index contributed by atoms with van der Waals surface area (Å²) in [5, 5.41) is 0. The van der Waals surface area contributed by atoms with Crippen LogP contribution in [-0.2, 0) is 32.7 Å². The Morgan fingerprint density at radius 3 is 1.08 bits per heavy atom. The van der Waals surface area contributed by atoms with E-state index in [4.69, 9.17) is 24.3 Å². The number of rotatable bonds is 59. The lowest BCUT2D eigenvalue weighted by Gasteiger charge is -2.19. The predicted molar refractivity (Wildman–Crippen MR) is 325 cm³/mol. The Bertz CT molecular complexity index is 1520. The summed E-state index contributed by atoms with van der Waals surface area (Å²) in [7, 11) is -4.39. The summed E-state index contributed by atoms with van der Waals surface area (Å²) >= 11 is 0. The van der Waals surface area contributed by atoms with Gasteiger partial charge in [0, 0.05) is 19.4 Å². The van der Waals surface area contributed by atoms with Crippen LogP contribution in [0.4, 0.5) is 0 Å². The maximum Gasteiger partial charge on any atom is 0.472 e. The monoisotopic (exact) mass is 1080 g/mol. The molecule has 0 aliphatic rings. The molecule has 0 saturated carbocycles. The first-order valence-electron chi connectivity index (χ1n) is 31.6. The van der Waals surface area contributed by atoms with Gasteiger partial charge in [0.25, 0.3) is 0 Å². The van der Waals surface area contributed by atoms with Crippen molar-refractivity contribution in [1.29, 1.82) is 0 Å². The SMILES string of the molecule is CC/C=C\C/C=C\C/C=C\C/C=C\C/C=C\CCCCCCCCCCCCCCCCCCCCCCCCCC(=O)OC(COC(=O)CCCCCCC/C=C\C/C=C\CCCCCC)COP(=O)(O)OCCN. The highest BCUT2D eigenvalue weighted by atomic mass is 31.2. The first-order valence-corrected chi connectivity index (χ1v) is 33.1. The highest BCUT2D eigenvalue weighted by molar-refractivity contribution is 7.47. The molecule has 0 aliphatic carbocycles. The van der Waals surface area contributed by atoms with Gasteiger partial charge in [-0.25, -0.2) is 4.57 Å². The second kappa shape index (κ2) is 61.4. The third-order valence-electron chi connectivity index (χ3n) is 13.5. The Labute approximate surface area is 468 Å². The average Bonchev–Trinajstić information content (AvgIpc) is 3.41. The summed E-state index contributed by atoms with van der Waals surface area (Å²) in [5.41, 5.74) is 5.38. The number of hydrogen-bond donors (Lipinski definition) is 2. The largest absolute Gasteiger partial charge is 0.472 e. The molecule has 0 bridgehead atoms. The Morgan fingerprint density at radius 1 is 0.408 bits per heavy atom. The zero-order chi connectivity index (χ0) is 55.2. The molecule has 2 atom stereocenters. The highest BCUT2D eigenvalue weighted by Crippen LogP contribution is 2.43. The average molecular weight is 1080 g/mol. The second-order valence-electron chi connectivity index (χ2n) is 20.9. The first kappa shape index (κ1) is 73.2. The maximum atomic E-state index is 12.7. The van der Waals surface area contributed by atoms with E-state index in [9.17, 15) is 19.0 Å². The molecule has 0 fully saturated rings. The number of allylic oxidation sites excluding steroid dienone is 14. The lowest BCUT2D eigenvalue weighted by atomic mass is 10.0.